The van der Waals surface area contributed by atoms with Crippen LogP contribution in [0.15, 0.2) is 0 Å². The number of carbonyl (C=O) groups is 2. The van der Waals surface area contributed by atoms with E-state index in [4.69, 9.17) is 9.16 Å². The Kier molecular flexibility index (Phi) is 4.37. The van der Waals surface area contributed by atoms with Gasteiger partial charge in [0, 0.05) is 5.92 Å². The van der Waals surface area contributed by atoms with Gasteiger partial charge in [-0.1, -0.05) is 27.2 Å². The van der Waals surface area contributed by atoms with Gasteiger partial charge in [0.05, 0.1) is 6.10 Å². The second kappa shape index (κ2) is 5.50. The van der Waals surface area contributed by atoms with Crippen LogP contribution in [0.5, 0.6) is 0 Å². The molecule has 0 spiro atoms. The summed E-state index contributed by atoms with van der Waals surface area (Å²) in [5, 5.41) is 0.128. The summed E-state index contributed by atoms with van der Waals surface area (Å²) < 4.78 is 12.0. The molecule has 2 rings (SSSR count). The van der Waals surface area contributed by atoms with Crippen LogP contribution in [0.3, 0.4) is 0 Å². The summed E-state index contributed by atoms with van der Waals surface area (Å²) in [4.78, 5) is 23.7. The van der Waals surface area contributed by atoms with Crippen LogP contribution in [0.2, 0.25) is 18.1 Å². The molecule has 1 saturated heterocycles. The molecule has 0 bridgehead atoms. The van der Waals surface area contributed by atoms with E-state index in [2.05, 4.69) is 33.9 Å². The Morgan fingerprint density at radius 2 is 1.90 bits per heavy atom. The number of fused-ring (bicyclic) bond motifs is 1. The first-order valence-electron chi connectivity index (χ1n) is 7.93. The van der Waals surface area contributed by atoms with Crippen molar-refractivity contribution < 1.29 is 18.8 Å². The summed E-state index contributed by atoms with van der Waals surface area (Å²) in [5.41, 5.74) is 0. The van der Waals surface area contributed by atoms with Crippen LogP contribution in [-0.4, -0.2) is 32.3 Å². The smallest absolute Gasteiger partial charge is 0.317 e. The fourth-order valence-corrected chi connectivity index (χ4v) is 4.57. The Balaban J connectivity index is 2.17. The van der Waals surface area contributed by atoms with Crippen molar-refractivity contribution in [3.63, 3.8) is 0 Å². The molecule has 5 heteroatoms. The van der Waals surface area contributed by atoms with Gasteiger partial charge in [0.1, 0.15) is 17.8 Å². The number of hydrogen-bond acceptors (Lipinski definition) is 4. The lowest BCUT2D eigenvalue weighted by molar-refractivity contribution is -0.149. The van der Waals surface area contributed by atoms with Crippen LogP contribution < -0.4 is 0 Å². The average molecular weight is 312 g/mol. The lowest BCUT2D eigenvalue weighted by Crippen LogP contribution is -2.49. The molecule has 2 fully saturated rings. The summed E-state index contributed by atoms with van der Waals surface area (Å²) in [6.45, 7) is 12.5. The summed E-state index contributed by atoms with van der Waals surface area (Å²) in [7, 11) is -1.90. The number of rotatable bonds is 3. The quantitative estimate of drug-likeness (QED) is 0.456. The second-order valence-corrected chi connectivity index (χ2v) is 12.8. The molecular weight excluding hydrogens is 284 g/mol. The molecule has 1 aliphatic heterocycles. The molecule has 21 heavy (non-hydrogen) atoms. The molecule has 1 saturated carbocycles. The first kappa shape index (κ1) is 16.7. The third kappa shape index (κ3) is 3.09. The summed E-state index contributed by atoms with van der Waals surface area (Å²) in [5.74, 6) is -0.969. The number of ketones is 1. The molecule has 0 amide bonds. The minimum absolute atomic E-state index is 0.0125. The number of esters is 1. The normalized spacial score (nSPS) is 33.5. The van der Waals surface area contributed by atoms with E-state index < -0.39 is 14.2 Å². The molecule has 0 N–H and O–H groups in total. The van der Waals surface area contributed by atoms with Crippen molar-refractivity contribution in [2.24, 2.45) is 11.8 Å². The van der Waals surface area contributed by atoms with Crippen LogP contribution in [0.25, 0.3) is 0 Å². The van der Waals surface area contributed by atoms with Crippen molar-refractivity contribution in [1.82, 2.24) is 0 Å². The lowest BCUT2D eigenvalue weighted by atomic mass is 9.77. The Morgan fingerprint density at radius 3 is 2.43 bits per heavy atom. The Hall–Kier alpha value is -0.683. The van der Waals surface area contributed by atoms with Gasteiger partial charge in [-0.3, -0.25) is 9.59 Å². The van der Waals surface area contributed by atoms with Crippen LogP contribution in [0, 0.1) is 11.8 Å². The number of hydrogen-bond donors (Lipinski definition) is 0. The fraction of sp³-hybridized carbons (Fsp3) is 0.875. The SMILES string of the molecule is CC(=O)[C@H]1C(=O)O[C@@H]2[C@@H]1CCC[C@@H]2O[Si](C)(C)C(C)(C)C. The van der Waals surface area contributed by atoms with Crippen LogP contribution >= 0.6 is 0 Å². The number of carbonyl (C=O) groups excluding carboxylic acids is 2. The van der Waals surface area contributed by atoms with Gasteiger partial charge in [-0.2, -0.15) is 0 Å². The van der Waals surface area contributed by atoms with Crippen molar-refractivity contribution >= 4 is 20.1 Å². The third-order valence-electron chi connectivity index (χ3n) is 5.44. The number of Topliss-reactive ketones (excluding diaryl/α,β-unsaturated/α-hetero) is 1. The van der Waals surface area contributed by atoms with Gasteiger partial charge in [-0.05, 0) is 37.9 Å². The van der Waals surface area contributed by atoms with Crippen molar-refractivity contribution in [1.29, 1.82) is 0 Å². The minimum atomic E-state index is -1.90. The predicted molar refractivity (Wildman–Crippen MR) is 83.5 cm³/mol. The third-order valence-corrected chi connectivity index (χ3v) is 9.94. The molecule has 0 radical (unpaired) electrons. The van der Waals surface area contributed by atoms with Gasteiger partial charge >= 0.3 is 5.97 Å². The highest BCUT2D eigenvalue weighted by atomic mass is 28.4. The van der Waals surface area contributed by atoms with Crippen molar-refractivity contribution in [3.05, 3.63) is 0 Å². The van der Waals surface area contributed by atoms with E-state index in [0.29, 0.717) is 0 Å². The van der Waals surface area contributed by atoms with Crippen LogP contribution in [0.4, 0.5) is 0 Å². The summed E-state index contributed by atoms with van der Waals surface area (Å²) >= 11 is 0. The van der Waals surface area contributed by atoms with Gasteiger partial charge < -0.3 is 9.16 Å². The second-order valence-electron chi connectivity index (χ2n) is 8.00. The standard InChI is InChI=1S/C16H28O4Si/c1-10(17)13-11-8-7-9-12(14(11)19-15(13)18)20-21(5,6)16(2,3)4/h11-14H,7-9H2,1-6H3/t11-,12+,13-,14-/m1/s1. The molecule has 2 aliphatic rings. The van der Waals surface area contributed by atoms with Gasteiger partial charge in [0.25, 0.3) is 0 Å². The highest BCUT2D eigenvalue weighted by Crippen LogP contribution is 2.44. The zero-order valence-electron chi connectivity index (χ0n) is 14.1. The average Bonchev–Trinajstić information content (AvgIpc) is 2.64. The van der Waals surface area contributed by atoms with Gasteiger partial charge in [-0.15, -0.1) is 0 Å². The van der Waals surface area contributed by atoms with E-state index in [1.54, 1.807) is 0 Å². The first-order chi connectivity index (χ1) is 9.54. The lowest BCUT2D eigenvalue weighted by Gasteiger charge is -2.43. The van der Waals surface area contributed by atoms with E-state index >= 15 is 0 Å². The molecule has 0 aromatic carbocycles. The molecule has 1 heterocycles. The zero-order valence-corrected chi connectivity index (χ0v) is 15.1. The zero-order chi connectivity index (χ0) is 16.0. The maximum Gasteiger partial charge on any atom is 0.317 e. The van der Waals surface area contributed by atoms with E-state index in [-0.39, 0.29) is 34.9 Å². The highest BCUT2D eigenvalue weighted by molar-refractivity contribution is 6.74. The Bertz CT molecular complexity index is 438. The monoisotopic (exact) mass is 312 g/mol. The molecule has 120 valence electrons. The summed E-state index contributed by atoms with van der Waals surface area (Å²) in [6.07, 6.45) is 2.54. The van der Waals surface area contributed by atoms with Crippen molar-refractivity contribution in [3.8, 4) is 0 Å². The Morgan fingerprint density at radius 1 is 1.29 bits per heavy atom. The predicted octanol–water partition coefficient (Wildman–Crippen LogP) is 3.31. The van der Waals surface area contributed by atoms with Crippen LogP contribution in [-0.2, 0) is 18.8 Å². The molecular formula is C16H28O4Si. The van der Waals surface area contributed by atoms with E-state index in [0.717, 1.165) is 19.3 Å². The maximum absolute atomic E-state index is 12.0. The number of ether oxygens (including phenoxy) is 1. The van der Waals surface area contributed by atoms with Gasteiger partial charge in [-0.25, -0.2) is 0 Å². The molecule has 0 aromatic heterocycles. The highest BCUT2D eigenvalue weighted by Gasteiger charge is 2.53. The first-order valence-corrected chi connectivity index (χ1v) is 10.8. The maximum atomic E-state index is 12.0. The van der Waals surface area contributed by atoms with E-state index in [1.807, 2.05) is 0 Å². The topological polar surface area (TPSA) is 52.6 Å². The minimum Gasteiger partial charge on any atom is -0.459 e. The van der Waals surface area contributed by atoms with E-state index in [9.17, 15) is 9.59 Å². The van der Waals surface area contributed by atoms with Crippen LogP contribution in [0.1, 0.15) is 47.0 Å². The molecule has 0 unspecified atom stereocenters. The van der Waals surface area contributed by atoms with Gasteiger partial charge in [0.2, 0.25) is 0 Å². The van der Waals surface area contributed by atoms with Gasteiger partial charge in [0.15, 0.2) is 8.32 Å². The molecule has 0 aromatic rings. The summed E-state index contributed by atoms with van der Waals surface area (Å²) in [6, 6.07) is 0. The Labute approximate surface area is 128 Å². The molecule has 4 nitrogen and oxygen atoms in total. The largest absolute Gasteiger partial charge is 0.459 e. The van der Waals surface area contributed by atoms with Crippen molar-refractivity contribution in [2.75, 3.05) is 0 Å². The molecule has 4 atom stereocenters. The van der Waals surface area contributed by atoms with E-state index in [1.165, 1.54) is 6.92 Å². The fourth-order valence-electron chi connectivity index (χ4n) is 3.21. The van der Waals surface area contributed by atoms with Crippen molar-refractivity contribution in [2.45, 2.75) is 77.3 Å². The molecule has 1 aliphatic carbocycles.